The van der Waals surface area contributed by atoms with Gasteiger partial charge in [-0.15, -0.1) is 0 Å². The van der Waals surface area contributed by atoms with Crippen LogP contribution >= 0.6 is 11.8 Å². The number of thioether (sulfide) groups is 1. The van der Waals surface area contributed by atoms with Crippen molar-refractivity contribution in [1.29, 1.82) is 0 Å². The molecule has 1 heterocycles. The number of nitrogens with zero attached hydrogens (tertiary/aromatic N) is 1. The van der Waals surface area contributed by atoms with Crippen molar-refractivity contribution in [1.82, 2.24) is 5.32 Å². The summed E-state index contributed by atoms with van der Waals surface area (Å²) in [6, 6.07) is 0. The van der Waals surface area contributed by atoms with Crippen molar-refractivity contribution in [3.63, 3.8) is 0 Å². The molecule has 0 bridgehead atoms. The summed E-state index contributed by atoms with van der Waals surface area (Å²) >= 11 is 1.66. The topological polar surface area (TPSA) is 58.5 Å². The lowest BCUT2D eigenvalue weighted by Crippen LogP contribution is -2.42. The van der Waals surface area contributed by atoms with E-state index < -0.39 is 14.6 Å². The number of rotatable bonds is 3. The molecule has 0 radical (unpaired) electrons. The van der Waals surface area contributed by atoms with Gasteiger partial charge >= 0.3 is 0 Å². The van der Waals surface area contributed by atoms with Crippen LogP contribution in [0.4, 0.5) is 0 Å². The fourth-order valence-corrected chi connectivity index (χ4v) is 2.16. The summed E-state index contributed by atoms with van der Waals surface area (Å²) in [6.45, 7) is 6.76. The van der Waals surface area contributed by atoms with Crippen LogP contribution in [-0.4, -0.2) is 42.9 Å². The average Bonchev–Trinajstić information content (AvgIpc) is 2.46. The predicted molar refractivity (Wildman–Crippen MR) is 66.3 cm³/mol. The molecule has 1 atom stereocenters. The van der Waals surface area contributed by atoms with E-state index in [1.165, 1.54) is 6.26 Å². The normalized spacial score (nSPS) is 22.7. The zero-order valence-corrected chi connectivity index (χ0v) is 11.2. The first kappa shape index (κ1) is 12.8. The van der Waals surface area contributed by atoms with E-state index in [0.717, 1.165) is 11.7 Å². The lowest BCUT2D eigenvalue weighted by Gasteiger charge is -2.23. The summed E-state index contributed by atoms with van der Waals surface area (Å²) in [5.74, 6) is 0. The molecule has 88 valence electrons. The average molecular weight is 250 g/mol. The van der Waals surface area contributed by atoms with Gasteiger partial charge < -0.3 is 5.32 Å². The monoisotopic (exact) mass is 250 g/mol. The van der Waals surface area contributed by atoms with Gasteiger partial charge in [-0.1, -0.05) is 18.7 Å². The van der Waals surface area contributed by atoms with Crippen LogP contribution in [0.15, 0.2) is 4.99 Å². The van der Waals surface area contributed by atoms with Gasteiger partial charge in [0, 0.05) is 18.1 Å². The van der Waals surface area contributed by atoms with E-state index in [-0.39, 0.29) is 0 Å². The molecule has 0 fully saturated rings. The van der Waals surface area contributed by atoms with Gasteiger partial charge in [0.1, 0.15) is 0 Å². The molecule has 0 amide bonds. The molecule has 15 heavy (non-hydrogen) atoms. The molecule has 1 N–H and O–H groups in total. The molecule has 0 aromatic heterocycles. The zero-order valence-electron chi connectivity index (χ0n) is 9.57. The maximum absolute atomic E-state index is 11.4. The Morgan fingerprint density at radius 2 is 2.20 bits per heavy atom. The van der Waals surface area contributed by atoms with E-state index in [9.17, 15) is 8.42 Å². The molecular formula is C9H18N2O2S2. The Labute approximate surface area is 95.8 Å². The summed E-state index contributed by atoms with van der Waals surface area (Å²) in [7, 11) is -3.03. The molecule has 1 aliphatic rings. The van der Waals surface area contributed by atoms with Crippen LogP contribution in [-0.2, 0) is 9.84 Å². The fourth-order valence-electron chi connectivity index (χ4n) is 0.994. The van der Waals surface area contributed by atoms with Crippen LogP contribution in [0.1, 0.15) is 20.8 Å². The van der Waals surface area contributed by atoms with E-state index in [1.807, 2.05) is 0 Å². The van der Waals surface area contributed by atoms with Crippen molar-refractivity contribution in [2.75, 3.05) is 19.3 Å². The number of sulfone groups is 1. The third-order valence-corrected chi connectivity index (χ3v) is 5.67. The second kappa shape index (κ2) is 4.33. The lowest BCUT2D eigenvalue weighted by atomic mass is 10.2. The second-order valence-electron chi connectivity index (χ2n) is 4.46. The lowest BCUT2D eigenvalue weighted by molar-refractivity contribution is 0.547. The molecule has 0 saturated carbocycles. The highest BCUT2D eigenvalue weighted by atomic mass is 32.2. The predicted octanol–water partition coefficient (Wildman–Crippen LogP) is 0.891. The summed E-state index contributed by atoms with van der Waals surface area (Å²) < 4.78 is 22.1. The van der Waals surface area contributed by atoms with Crippen LogP contribution in [0.5, 0.6) is 0 Å². The first-order valence-corrected chi connectivity index (χ1v) is 7.64. The van der Waals surface area contributed by atoms with Gasteiger partial charge in [0.2, 0.25) is 0 Å². The molecule has 4 nitrogen and oxygen atoms in total. The molecule has 1 rings (SSSR count). The maximum atomic E-state index is 11.4. The minimum Gasteiger partial charge on any atom is -0.363 e. The van der Waals surface area contributed by atoms with Gasteiger partial charge in [0.15, 0.2) is 15.0 Å². The quantitative estimate of drug-likeness (QED) is 0.808. The van der Waals surface area contributed by atoms with E-state index in [1.54, 1.807) is 25.6 Å². The summed E-state index contributed by atoms with van der Waals surface area (Å²) in [5, 5.41) is 4.45. The Morgan fingerprint density at radius 1 is 1.60 bits per heavy atom. The molecule has 1 aliphatic heterocycles. The van der Waals surface area contributed by atoms with Crippen molar-refractivity contribution in [3.8, 4) is 0 Å². The van der Waals surface area contributed by atoms with Gasteiger partial charge in [-0.25, -0.2) is 8.42 Å². The Balaban J connectivity index is 2.51. The molecule has 1 unspecified atom stereocenters. The maximum Gasteiger partial charge on any atom is 0.156 e. The second-order valence-corrected chi connectivity index (χ2v) is 8.54. The Morgan fingerprint density at radius 3 is 2.60 bits per heavy atom. The minimum absolute atomic E-state index is 0.407. The number of amidine groups is 1. The third-order valence-electron chi connectivity index (χ3n) is 2.47. The third kappa shape index (κ3) is 3.38. The molecule has 6 heteroatoms. The van der Waals surface area contributed by atoms with Crippen molar-refractivity contribution in [2.45, 2.75) is 30.8 Å². The smallest absolute Gasteiger partial charge is 0.156 e. The van der Waals surface area contributed by atoms with E-state index in [0.29, 0.717) is 11.8 Å². The number of hydrogen-bond acceptors (Lipinski definition) is 5. The molecule has 0 aromatic carbocycles. The number of hydrogen-bond donors (Lipinski definition) is 1. The van der Waals surface area contributed by atoms with Crippen molar-refractivity contribution < 1.29 is 8.42 Å². The van der Waals surface area contributed by atoms with E-state index in [4.69, 9.17) is 0 Å². The van der Waals surface area contributed by atoms with Gasteiger partial charge in [0.25, 0.3) is 0 Å². The van der Waals surface area contributed by atoms with Crippen LogP contribution in [0.3, 0.4) is 0 Å². The first-order valence-electron chi connectivity index (χ1n) is 4.87. The van der Waals surface area contributed by atoms with Crippen LogP contribution in [0, 0.1) is 0 Å². The van der Waals surface area contributed by atoms with Crippen LogP contribution < -0.4 is 5.32 Å². The van der Waals surface area contributed by atoms with Gasteiger partial charge in [-0.05, 0) is 13.8 Å². The van der Waals surface area contributed by atoms with Crippen molar-refractivity contribution >= 4 is 26.8 Å². The van der Waals surface area contributed by atoms with E-state index in [2.05, 4.69) is 17.2 Å². The number of aliphatic imine (C=N–C) groups is 1. The molecule has 0 aliphatic carbocycles. The summed E-state index contributed by atoms with van der Waals surface area (Å²) in [6.07, 6.45) is 1.26. The highest BCUT2D eigenvalue weighted by molar-refractivity contribution is 8.14. The first-order chi connectivity index (χ1) is 6.72. The molecule has 0 saturated heterocycles. The van der Waals surface area contributed by atoms with E-state index >= 15 is 0 Å². The summed E-state index contributed by atoms with van der Waals surface area (Å²) in [5.41, 5.74) is 0. The van der Waals surface area contributed by atoms with Crippen molar-refractivity contribution in [2.24, 2.45) is 4.99 Å². The Bertz CT molecular complexity index is 360. The zero-order chi connectivity index (χ0) is 11.7. The SMILES string of the molecule is CC1CN=C(NCC(C)(C)S(C)(=O)=O)S1. The standard InChI is InChI=1S/C9H18N2O2S2/c1-7-5-10-8(14-7)11-6-9(2,3)15(4,12)13/h7H,5-6H2,1-4H3,(H,10,11). The number of nitrogens with one attached hydrogen (secondary N) is 1. The Kier molecular flexibility index (Phi) is 3.71. The van der Waals surface area contributed by atoms with Gasteiger partial charge in [-0.2, -0.15) is 0 Å². The summed E-state index contributed by atoms with van der Waals surface area (Å²) in [4.78, 5) is 4.28. The van der Waals surface area contributed by atoms with Crippen molar-refractivity contribution in [3.05, 3.63) is 0 Å². The molecule has 0 aromatic rings. The largest absolute Gasteiger partial charge is 0.363 e. The van der Waals surface area contributed by atoms with Gasteiger partial charge in [0.05, 0.1) is 11.3 Å². The highest BCUT2D eigenvalue weighted by Crippen LogP contribution is 2.20. The highest BCUT2D eigenvalue weighted by Gasteiger charge is 2.30. The fraction of sp³-hybridized carbons (Fsp3) is 0.889. The van der Waals surface area contributed by atoms with Crippen LogP contribution in [0.25, 0.3) is 0 Å². The Hall–Kier alpha value is -0.230. The molecule has 0 spiro atoms. The van der Waals surface area contributed by atoms with Gasteiger partial charge in [-0.3, -0.25) is 4.99 Å². The molecular weight excluding hydrogens is 232 g/mol. The minimum atomic E-state index is -3.03. The van der Waals surface area contributed by atoms with Crippen LogP contribution in [0.2, 0.25) is 0 Å².